The first kappa shape index (κ1) is 9.15. The number of nitrogens with one attached hydrogen (secondary N) is 1. The molecule has 1 rings (SSSR count). The Morgan fingerprint density at radius 1 is 1.92 bits per heavy atom. The Morgan fingerprint density at radius 2 is 2.67 bits per heavy atom. The average Bonchev–Trinajstić information content (AvgIpc) is 2.51. The zero-order valence-electron chi connectivity index (χ0n) is 6.65. The predicted octanol–water partition coefficient (Wildman–Crippen LogP) is 0.358. The topological polar surface area (TPSA) is 62.2 Å². The monoisotopic (exact) mass is 186 g/mol. The summed E-state index contributed by atoms with van der Waals surface area (Å²) < 4.78 is 0. The van der Waals surface area contributed by atoms with Gasteiger partial charge in [-0.2, -0.15) is 0 Å². The summed E-state index contributed by atoms with van der Waals surface area (Å²) >= 11 is 1.47. The van der Waals surface area contributed by atoms with Crippen LogP contribution in [0.4, 0.5) is 0 Å². The van der Waals surface area contributed by atoms with Crippen molar-refractivity contribution < 1.29 is 9.90 Å². The summed E-state index contributed by atoms with van der Waals surface area (Å²) in [6, 6.07) is -0.535. The van der Waals surface area contributed by atoms with Crippen molar-refractivity contribution >= 4 is 17.3 Å². The Balaban J connectivity index is 2.54. The standard InChI is InChI=1S/C7H10N2O2S/c1-8-6(7(10)11)2-5-3-12-4-9-5/h3-4,6,8H,2H2,1H3,(H,10,11). The minimum atomic E-state index is -0.842. The van der Waals surface area contributed by atoms with Crippen molar-refractivity contribution in [1.29, 1.82) is 0 Å². The third-order valence-corrected chi connectivity index (χ3v) is 2.18. The molecule has 0 aliphatic carbocycles. The van der Waals surface area contributed by atoms with Crippen LogP contribution in [0.3, 0.4) is 0 Å². The van der Waals surface area contributed by atoms with E-state index in [-0.39, 0.29) is 0 Å². The van der Waals surface area contributed by atoms with E-state index in [9.17, 15) is 4.79 Å². The average molecular weight is 186 g/mol. The van der Waals surface area contributed by atoms with Gasteiger partial charge in [0.2, 0.25) is 0 Å². The lowest BCUT2D eigenvalue weighted by atomic mass is 10.2. The lowest BCUT2D eigenvalue weighted by molar-refractivity contribution is -0.139. The molecule has 66 valence electrons. The molecule has 1 heterocycles. The van der Waals surface area contributed by atoms with E-state index in [0.29, 0.717) is 6.42 Å². The number of hydrogen-bond donors (Lipinski definition) is 2. The second kappa shape index (κ2) is 4.18. The molecule has 0 aliphatic heterocycles. The summed E-state index contributed by atoms with van der Waals surface area (Å²) in [4.78, 5) is 14.6. The molecule has 1 atom stereocenters. The van der Waals surface area contributed by atoms with E-state index in [1.165, 1.54) is 11.3 Å². The molecular weight excluding hydrogens is 176 g/mol. The second-order valence-electron chi connectivity index (χ2n) is 2.36. The number of rotatable bonds is 4. The van der Waals surface area contributed by atoms with Gasteiger partial charge in [0.25, 0.3) is 0 Å². The van der Waals surface area contributed by atoms with Crippen molar-refractivity contribution in [2.24, 2.45) is 0 Å². The highest BCUT2D eigenvalue weighted by Crippen LogP contribution is 2.04. The molecule has 5 heteroatoms. The third kappa shape index (κ3) is 2.28. The van der Waals surface area contributed by atoms with Gasteiger partial charge in [0.05, 0.1) is 11.2 Å². The van der Waals surface area contributed by atoms with Gasteiger partial charge in [-0.3, -0.25) is 4.79 Å². The first-order chi connectivity index (χ1) is 5.74. The summed E-state index contributed by atoms with van der Waals surface area (Å²) in [5.74, 6) is -0.842. The highest BCUT2D eigenvalue weighted by molar-refractivity contribution is 7.07. The molecule has 0 aromatic carbocycles. The fourth-order valence-corrected chi connectivity index (χ4v) is 1.43. The first-order valence-electron chi connectivity index (χ1n) is 3.51. The van der Waals surface area contributed by atoms with Crippen LogP contribution in [0.2, 0.25) is 0 Å². The van der Waals surface area contributed by atoms with E-state index in [4.69, 9.17) is 5.11 Å². The van der Waals surface area contributed by atoms with Gasteiger partial charge < -0.3 is 10.4 Å². The zero-order chi connectivity index (χ0) is 8.97. The molecule has 12 heavy (non-hydrogen) atoms. The Kier molecular flexibility index (Phi) is 3.19. The van der Waals surface area contributed by atoms with Crippen LogP contribution < -0.4 is 5.32 Å². The van der Waals surface area contributed by atoms with E-state index in [2.05, 4.69) is 10.3 Å². The van der Waals surface area contributed by atoms with E-state index in [0.717, 1.165) is 5.69 Å². The van der Waals surface area contributed by atoms with E-state index >= 15 is 0 Å². The van der Waals surface area contributed by atoms with Crippen molar-refractivity contribution in [2.75, 3.05) is 7.05 Å². The third-order valence-electron chi connectivity index (χ3n) is 1.54. The second-order valence-corrected chi connectivity index (χ2v) is 3.08. The van der Waals surface area contributed by atoms with Gasteiger partial charge in [-0.15, -0.1) is 11.3 Å². The van der Waals surface area contributed by atoms with E-state index < -0.39 is 12.0 Å². The maximum absolute atomic E-state index is 10.6. The Hall–Kier alpha value is -0.940. The van der Waals surface area contributed by atoms with Gasteiger partial charge >= 0.3 is 5.97 Å². The van der Waals surface area contributed by atoms with Crippen LogP contribution in [0.15, 0.2) is 10.9 Å². The molecule has 0 radical (unpaired) electrons. The highest BCUT2D eigenvalue weighted by atomic mass is 32.1. The molecular formula is C7H10N2O2S. The molecule has 0 saturated carbocycles. The van der Waals surface area contributed by atoms with Crippen molar-refractivity contribution in [2.45, 2.75) is 12.5 Å². The van der Waals surface area contributed by atoms with Gasteiger partial charge in [-0.1, -0.05) is 0 Å². The number of carboxylic acid groups (broad SMARTS) is 1. The van der Waals surface area contributed by atoms with Crippen LogP contribution in [-0.2, 0) is 11.2 Å². The van der Waals surface area contributed by atoms with Gasteiger partial charge in [0, 0.05) is 11.8 Å². The van der Waals surface area contributed by atoms with Crippen LogP contribution in [0.5, 0.6) is 0 Å². The van der Waals surface area contributed by atoms with Crippen molar-refractivity contribution in [3.05, 3.63) is 16.6 Å². The van der Waals surface area contributed by atoms with Gasteiger partial charge in [0.15, 0.2) is 0 Å². The molecule has 1 unspecified atom stereocenters. The molecule has 0 fully saturated rings. The molecule has 0 amide bonds. The normalized spacial score (nSPS) is 12.8. The number of aliphatic carboxylic acids is 1. The summed E-state index contributed by atoms with van der Waals surface area (Å²) in [6.07, 6.45) is 0.440. The number of nitrogens with zero attached hydrogens (tertiary/aromatic N) is 1. The van der Waals surface area contributed by atoms with Crippen LogP contribution >= 0.6 is 11.3 Å². The smallest absolute Gasteiger partial charge is 0.321 e. The van der Waals surface area contributed by atoms with Crippen LogP contribution in [0, 0.1) is 0 Å². The molecule has 0 aliphatic rings. The number of hydrogen-bond acceptors (Lipinski definition) is 4. The summed E-state index contributed by atoms with van der Waals surface area (Å²) in [5, 5.41) is 13.2. The van der Waals surface area contributed by atoms with Crippen molar-refractivity contribution in [1.82, 2.24) is 10.3 Å². The van der Waals surface area contributed by atoms with Gasteiger partial charge in [-0.25, -0.2) is 4.98 Å². The van der Waals surface area contributed by atoms with Gasteiger partial charge in [-0.05, 0) is 7.05 Å². The highest BCUT2D eigenvalue weighted by Gasteiger charge is 2.15. The molecule has 1 aromatic rings. The zero-order valence-corrected chi connectivity index (χ0v) is 7.47. The Labute approximate surface area is 74.3 Å². The van der Waals surface area contributed by atoms with Crippen LogP contribution in [0.25, 0.3) is 0 Å². The fourth-order valence-electron chi connectivity index (χ4n) is 0.860. The first-order valence-corrected chi connectivity index (χ1v) is 4.45. The molecule has 0 spiro atoms. The lowest BCUT2D eigenvalue weighted by Gasteiger charge is -2.07. The molecule has 0 saturated heterocycles. The number of thiazole rings is 1. The quantitative estimate of drug-likeness (QED) is 0.712. The molecule has 4 nitrogen and oxygen atoms in total. The molecule has 1 aromatic heterocycles. The number of carbonyl (C=O) groups is 1. The lowest BCUT2D eigenvalue weighted by Crippen LogP contribution is -2.35. The summed E-state index contributed by atoms with van der Waals surface area (Å²) in [7, 11) is 1.63. The van der Waals surface area contributed by atoms with Gasteiger partial charge in [0.1, 0.15) is 6.04 Å². The maximum Gasteiger partial charge on any atom is 0.321 e. The predicted molar refractivity (Wildman–Crippen MR) is 46.3 cm³/mol. The van der Waals surface area contributed by atoms with Crippen molar-refractivity contribution in [3.8, 4) is 0 Å². The minimum absolute atomic E-state index is 0.440. The van der Waals surface area contributed by atoms with E-state index in [1.54, 1.807) is 12.6 Å². The summed E-state index contributed by atoms with van der Waals surface area (Å²) in [5.41, 5.74) is 2.52. The number of carboxylic acids is 1. The fraction of sp³-hybridized carbons (Fsp3) is 0.429. The Bertz CT molecular complexity index is 248. The minimum Gasteiger partial charge on any atom is -0.480 e. The maximum atomic E-state index is 10.6. The Morgan fingerprint density at radius 3 is 3.08 bits per heavy atom. The van der Waals surface area contributed by atoms with Crippen LogP contribution in [-0.4, -0.2) is 29.1 Å². The number of aromatic nitrogens is 1. The molecule has 2 N–H and O–H groups in total. The van der Waals surface area contributed by atoms with Crippen molar-refractivity contribution in [3.63, 3.8) is 0 Å². The SMILES string of the molecule is CNC(Cc1cscn1)C(=O)O. The van der Waals surface area contributed by atoms with Crippen LogP contribution in [0.1, 0.15) is 5.69 Å². The largest absolute Gasteiger partial charge is 0.480 e. The number of likely N-dealkylation sites (N-methyl/N-ethyl adjacent to an activating group) is 1. The molecule has 0 bridgehead atoms. The van der Waals surface area contributed by atoms with E-state index in [1.807, 2.05) is 5.38 Å². The summed E-state index contributed by atoms with van der Waals surface area (Å²) in [6.45, 7) is 0.